The van der Waals surface area contributed by atoms with Gasteiger partial charge in [0.25, 0.3) is 0 Å². The van der Waals surface area contributed by atoms with Crippen LogP contribution >= 0.6 is 0 Å². The molecule has 1 aromatic carbocycles. The van der Waals surface area contributed by atoms with Crippen LogP contribution in [0.25, 0.3) is 11.1 Å². The molecule has 0 spiro atoms. The van der Waals surface area contributed by atoms with Crippen molar-refractivity contribution in [2.45, 2.75) is 44.9 Å². The first-order valence-electron chi connectivity index (χ1n) is 13.4. The second-order valence-electron chi connectivity index (χ2n) is 10.2. The summed E-state index contributed by atoms with van der Waals surface area (Å²) in [6.07, 6.45) is 0.429. The zero-order valence-corrected chi connectivity index (χ0v) is 22.8. The molecular formula is C27H34F3N7O3. The van der Waals surface area contributed by atoms with Crippen LogP contribution in [0.15, 0.2) is 24.5 Å². The van der Waals surface area contributed by atoms with Crippen LogP contribution in [-0.2, 0) is 30.9 Å². The van der Waals surface area contributed by atoms with Crippen molar-refractivity contribution in [3.8, 4) is 11.1 Å². The highest BCUT2D eigenvalue weighted by molar-refractivity contribution is 5.77. The van der Waals surface area contributed by atoms with E-state index in [0.717, 1.165) is 30.2 Å². The van der Waals surface area contributed by atoms with Gasteiger partial charge >= 0.3 is 12.2 Å². The van der Waals surface area contributed by atoms with E-state index in [1.807, 2.05) is 4.68 Å². The van der Waals surface area contributed by atoms with Crippen molar-refractivity contribution in [2.75, 3.05) is 44.9 Å². The quantitative estimate of drug-likeness (QED) is 0.475. The zero-order valence-electron chi connectivity index (χ0n) is 22.8. The number of urea groups is 1. The average Bonchev–Trinajstić information content (AvgIpc) is 3.54. The molecule has 13 heteroatoms. The number of amides is 2. The first-order valence-corrected chi connectivity index (χ1v) is 13.4. The number of hydrogen-bond acceptors (Lipinski definition) is 6. The van der Waals surface area contributed by atoms with E-state index in [1.165, 1.54) is 16.9 Å². The van der Waals surface area contributed by atoms with Gasteiger partial charge < -0.3 is 25.0 Å². The minimum Gasteiger partial charge on any atom is -0.395 e. The number of aliphatic hydroxyl groups excluding tert-OH is 1. The molecule has 0 radical (unpaired) electrons. The number of nitrogens with one attached hydrogen (secondary N) is 1. The van der Waals surface area contributed by atoms with Gasteiger partial charge in [0.15, 0.2) is 5.82 Å². The number of rotatable bonds is 6. The number of halogens is 3. The average molecular weight is 562 g/mol. The van der Waals surface area contributed by atoms with E-state index in [0.29, 0.717) is 48.8 Å². The highest BCUT2D eigenvalue weighted by Gasteiger charge is 2.37. The molecule has 3 aromatic rings. The Bertz CT molecular complexity index is 1380. The maximum absolute atomic E-state index is 14.4. The van der Waals surface area contributed by atoms with Gasteiger partial charge in [0, 0.05) is 75.5 Å². The van der Waals surface area contributed by atoms with Crippen molar-refractivity contribution in [1.29, 1.82) is 0 Å². The van der Waals surface area contributed by atoms with E-state index < -0.39 is 11.7 Å². The van der Waals surface area contributed by atoms with Crippen LogP contribution in [0, 0.1) is 6.92 Å². The van der Waals surface area contributed by atoms with Gasteiger partial charge in [-0.05, 0) is 43.0 Å². The van der Waals surface area contributed by atoms with Crippen molar-refractivity contribution in [3.63, 3.8) is 0 Å². The molecule has 2 amide bonds. The van der Waals surface area contributed by atoms with Gasteiger partial charge in [0.2, 0.25) is 0 Å². The molecule has 0 unspecified atom stereocenters. The maximum Gasteiger partial charge on any atom is 0.417 e. The number of anilines is 2. The second kappa shape index (κ2) is 11.1. The number of hydrogen-bond donors (Lipinski definition) is 2. The standard InChI is InChI=1S/C27H34F3N7O3/c1-17-12-20(18-14-32-34(3)15-18)22(27(28,29)30)13-24(17)36(8-9-38)25-21-16-35(26(39)31-2)7-4-23(21)37(33-25)19-5-10-40-11-6-19/h12-15,19,38H,4-11,16H2,1-3H3,(H,31,39). The molecule has 1 fully saturated rings. The molecule has 0 bridgehead atoms. The summed E-state index contributed by atoms with van der Waals surface area (Å²) in [5.74, 6) is 0.453. The topological polar surface area (TPSA) is 101 Å². The lowest BCUT2D eigenvalue weighted by Gasteiger charge is -2.31. The number of aliphatic hydroxyl groups is 1. The van der Waals surface area contributed by atoms with E-state index in [4.69, 9.17) is 9.84 Å². The Morgan fingerprint density at radius 3 is 2.65 bits per heavy atom. The summed E-state index contributed by atoms with van der Waals surface area (Å²) in [4.78, 5) is 15.8. The van der Waals surface area contributed by atoms with E-state index in [1.54, 1.807) is 37.0 Å². The first kappa shape index (κ1) is 28.0. The summed E-state index contributed by atoms with van der Waals surface area (Å²) in [6, 6.07) is 2.49. The summed E-state index contributed by atoms with van der Waals surface area (Å²) in [7, 11) is 3.22. The Kier molecular flexibility index (Phi) is 7.78. The molecule has 5 rings (SSSR count). The summed E-state index contributed by atoms with van der Waals surface area (Å²) >= 11 is 0. The molecule has 0 atom stereocenters. The Morgan fingerprint density at radius 1 is 1.27 bits per heavy atom. The fourth-order valence-corrected chi connectivity index (χ4v) is 5.67. The molecule has 2 aliphatic rings. The van der Waals surface area contributed by atoms with Gasteiger partial charge in [-0.2, -0.15) is 23.4 Å². The third-order valence-electron chi connectivity index (χ3n) is 7.63. The van der Waals surface area contributed by atoms with Crippen LogP contribution in [-0.4, -0.2) is 75.6 Å². The SMILES string of the molecule is CNC(=O)N1CCc2c(c(N(CCO)c3cc(C(F)(F)F)c(-c4cnn(C)c4)cc3C)nn2C2CCOCC2)C1. The number of carbonyl (C=O) groups is 1. The fourth-order valence-electron chi connectivity index (χ4n) is 5.67. The minimum absolute atomic E-state index is 0.0293. The predicted octanol–water partition coefficient (Wildman–Crippen LogP) is 3.79. The summed E-state index contributed by atoms with van der Waals surface area (Å²) < 4.78 is 52.3. The van der Waals surface area contributed by atoms with Gasteiger partial charge in [-0.1, -0.05) is 0 Å². The predicted molar refractivity (Wildman–Crippen MR) is 142 cm³/mol. The lowest BCUT2D eigenvalue weighted by molar-refractivity contribution is -0.137. The Balaban J connectivity index is 1.66. The normalized spacial score (nSPS) is 16.2. The lowest BCUT2D eigenvalue weighted by Crippen LogP contribution is -2.42. The van der Waals surface area contributed by atoms with Gasteiger partial charge in [-0.15, -0.1) is 0 Å². The van der Waals surface area contributed by atoms with Crippen LogP contribution in [0.4, 0.5) is 29.5 Å². The summed E-state index contributed by atoms with van der Waals surface area (Å²) in [5.41, 5.74) is 2.23. The van der Waals surface area contributed by atoms with E-state index in [2.05, 4.69) is 10.4 Å². The molecule has 4 heterocycles. The van der Waals surface area contributed by atoms with Crippen LogP contribution in [0.1, 0.15) is 41.3 Å². The van der Waals surface area contributed by atoms with Crippen LogP contribution in [0.2, 0.25) is 0 Å². The molecule has 40 heavy (non-hydrogen) atoms. The molecule has 216 valence electrons. The second-order valence-corrected chi connectivity index (χ2v) is 10.2. The number of ether oxygens (including phenoxy) is 1. The van der Waals surface area contributed by atoms with E-state index >= 15 is 0 Å². The lowest BCUT2D eigenvalue weighted by atomic mass is 9.97. The third kappa shape index (κ3) is 5.27. The highest BCUT2D eigenvalue weighted by atomic mass is 19.4. The molecule has 2 N–H and O–H groups in total. The summed E-state index contributed by atoms with van der Waals surface area (Å²) in [6.45, 7) is 3.43. The van der Waals surface area contributed by atoms with Crippen molar-refractivity contribution in [3.05, 3.63) is 46.9 Å². The number of carbonyl (C=O) groups excluding carboxylic acids is 1. The number of fused-ring (bicyclic) bond motifs is 1. The van der Waals surface area contributed by atoms with Crippen LogP contribution < -0.4 is 10.2 Å². The largest absolute Gasteiger partial charge is 0.417 e. The minimum atomic E-state index is -4.63. The Morgan fingerprint density at radius 2 is 2.02 bits per heavy atom. The third-order valence-corrected chi connectivity index (χ3v) is 7.63. The molecule has 2 aliphatic heterocycles. The Hall–Kier alpha value is -3.58. The summed E-state index contributed by atoms with van der Waals surface area (Å²) in [5, 5.41) is 21.7. The highest BCUT2D eigenvalue weighted by Crippen LogP contribution is 2.43. The number of aromatic nitrogens is 4. The number of aryl methyl sites for hydroxylation is 2. The zero-order chi connectivity index (χ0) is 28.6. The van der Waals surface area contributed by atoms with Crippen molar-refractivity contribution in [2.24, 2.45) is 7.05 Å². The van der Waals surface area contributed by atoms with E-state index in [9.17, 15) is 23.1 Å². The van der Waals surface area contributed by atoms with E-state index in [-0.39, 0.29) is 37.3 Å². The smallest absolute Gasteiger partial charge is 0.395 e. The van der Waals surface area contributed by atoms with Crippen molar-refractivity contribution >= 4 is 17.5 Å². The molecule has 0 aliphatic carbocycles. The molecule has 0 saturated carbocycles. The van der Waals surface area contributed by atoms with Crippen molar-refractivity contribution in [1.82, 2.24) is 29.8 Å². The number of alkyl halides is 3. The van der Waals surface area contributed by atoms with Crippen LogP contribution in [0.5, 0.6) is 0 Å². The molecule has 1 saturated heterocycles. The number of nitrogens with zero attached hydrogens (tertiary/aromatic N) is 6. The van der Waals surface area contributed by atoms with Gasteiger partial charge in [-0.3, -0.25) is 9.36 Å². The fraction of sp³-hybridized carbons (Fsp3) is 0.519. The monoisotopic (exact) mass is 561 g/mol. The molecule has 2 aromatic heterocycles. The first-order chi connectivity index (χ1) is 19.1. The van der Waals surface area contributed by atoms with Gasteiger partial charge in [-0.25, -0.2) is 4.79 Å². The van der Waals surface area contributed by atoms with Gasteiger partial charge in [0.1, 0.15) is 0 Å². The molecule has 10 nitrogen and oxygen atoms in total. The number of benzene rings is 1. The van der Waals surface area contributed by atoms with Crippen molar-refractivity contribution < 1.29 is 27.8 Å². The molecular weight excluding hydrogens is 527 g/mol. The van der Waals surface area contributed by atoms with Crippen LogP contribution in [0.3, 0.4) is 0 Å². The maximum atomic E-state index is 14.4. The van der Waals surface area contributed by atoms with Gasteiger partial charge in [0.05, 0.1) is 31.0 Å². The Labute approximate surface area is 230 Å².